The number of benzene rings is 1. The van der Waals surface area contributed by atoms with Crippen LogP contribution in [0.4, 0.5) is 5.69 Å². The highest BCUT2D eigenvalue weighted by molar-refractivity contribution is 6.02. The van der Waals surface area contributed by atoms with Gasteiger partial charge in [-0.05, 0) is 37.3 Å². The number of carbonyl (C=O) groups excluding carboxylic acids is 1. The smallest absolute Gasteiger partial charge is 0.255 e. The molecule has 1 saturated carbocycles. The van der Waals surface area contributed by atoms with Crippen LogP contribution in [-0.4, -0.2) is 11.6 Å². The summed E-state index contributed by atoms with van der Waals surface area (Å²) in [6, 6.07) is 7.75. The zero-order valence-corrected chi connectivity index (χ0v) is 10.1. The SMILES string of the molecule is CC1CCCCC12NC(=O)c1ccccc1N2. The van der Waals surface area contributed by atoms with E-state index >= 15 is 0 Å². The first-order valence-corrected chi connectivity index (χ1v) is 6.41. The van der Waals surface area contributed by atoms with E-state index in [2.05, 4.69) is 17.6 Å². The highest BCUT2D eigenvalue weighted by Gasteiger charge is 2.42. The maximum atomic E-state index is 12.2. The van der Waals surface area contributed by atoms with Gasteiger partial charge in [-0.2, -0.15) is 0 Å². The van der Waals surface area contributed by atoms with Crippen molar-refractivity contribution in [3.8, 4) is 0 Å². The number of hydrogen-bond donors (Lipinski definition) is 2. The van der Waals surface area contributed by atoms with Crippen LogP contribution in [-0.2, 0) is 0 Å². The van der Waals surface area contributed by atoms with E-state index in [0.29, 0.717) is 5.92 Å². The lowest BCUT2D eigenvalue weighted by atomic mass is 9.78. The number of carbonyl (C=O) groups is 1. The molecule has 90 valence electrons. The minimum Gasteiger partial charge on any atom is -0.362 e. The Labute approximate surface area is 102 Å². The summed E-state index contributed by atoms with van der Waals surface area (Å²) in [4.78, 5) is 12.2. The molecule has 2 unspecified atom stereocenters. The molecule has 1 aliphatic carbocycles. The monoisotopic (exact) mass is 230 g/mol. The van der Waals surface area contributed by atoms with Gasteiger partial charge in [0.15, 0.2) is 0 Å². The van der Waals surface area contributed by atoms with Crippen molar-refractivity contribution in [2.24, 2.45) is 5.92 Å². The summed E-state index contributed by atoms with van der Waals surface area (Å²) >= 11 is 0. The van der Waals surface area contributed by atoms with Crippen molar-refractivity contribution in [1.29, 1.82) is 0 Å². The van der Waals surface area contributed by atoms with Crippen LogP contribution in [0.15, 0.2) is 24.3 Å². The van der Waals surface area contributed by atoms with E-state index in [0.717, 1.165) is 17.7 Å². The summed E-state index contributed by atoms with van der Waals surface area (Å²) in [5, 5.41) is 6.75. The molecule has 1 spiro atoms. The Morgan fingerprint density at radius 2 is 2.06 bits per heavy atom. The van der Waals surface area contributed by atoms with Crippen molar-refractivity contribution in [3.05, 3.63) is 29.8 Å². The number of hydrogen-bond acceptors (Lipinski definition) is 2. The fourth-order valence-electron chi connectivity index (χ4n) is 3.05. The lowest BCUT2D eigenvalue weighted by molar-refractivity contribution is 0.0823. The number of rotatable bonds is 0. The van der Waals surface area contributed by atoms with Crippen molar-refractivity contribution in [3.63, 3.8) is 0 Å². The predicted molar refractivity (Wildman–Crippen MR) is 67.9 cm³/mol. The van der Waals surface area contributed by atoms with E-state index in [1.165, 1.54) is 19.3 Å². The second kappa shape index (κ2) is 3.76. The molecule has 0 bridgehead atoms. The van der Waals surface area contributed by atoms with Gasteiger partial charge in [-0.1, -0.05) is 25.5 Å². The molecule has 1 aromatic rings. The number of nitrogens with one attached hydrogen (secondary N) is 2. The molecule has 3 rings (SSSR count). The quantitative estimate of drug-likeness (QED) is 0.719. The molecule has 0 radical (unpaired) electrons. The normalized spacial score (nSPS) is 31.6. The van der Waals surface area contributed by atoms with Crippen molar-refractivity contribution >= 4 is 11.6 Å². The summed E-state index contributed by atoms with van der Waals surface area (Å²) in [7, 11) is 0. The van der Waals surface area contributed by atoms with Gasteiger partial charge in [0.05, 0.1) is 5.56 Å². The molecule has 1 amide bonds. The van der Waals surface area contributed by atoms with E-state index < -0.39 is 0 Å². The molecule has 2 N–H and O–H groups in total. The van der Waals surface area contributed by atoms with Gasteiger partial charge < -0.3 is 10.6 Å². The van der Waals surface area contributed by atoms with Gasteiger partial charge in [-0.25, -0.2) is 0 Å². The average molecular weight is 230 g/mol. The number of para-hydroxylation sites is 1. The molecule has 1 fully saturated rings. The van der Waals surface area contributed by atoms with Gasteiger partial charge in [0, 0.05) is 5.69 Å². The topological polar surface area (TPSA) is 41.1 Å². The Morgan fingerprint density at radius 3 is 2.88 bits per heavy atom. The zero-order chi connectivity index (χ0) is 11.9. The highest BCUT2D eigenvalue weighted by Crippen LogP contribution is 2.37. The van der Waals surface area contributed by atoms with Gasteiger partial charge in [0.1, 0.15) is 5.66 Å². The molecular formula is C14H18N2O. The molecule has 3 nitrogen and oxygen atoms in total. The Morgan fingerprint density at radius 1 is 1.24 bits per heavy atom. The van der Waals surface area contributed by atoms with Crippen LogP contribution in [0.3, 0.4) is 0 Å². The highest BCUT2D eigenvalue weighted by atomic mass is 16.2. The van der Waals surface area contributed by atoms with Gasteiger partial charge in [-0.3, -0.25) is 4.79 Å². The Kier molecular flexibility index (Phi) is 2.35. The standard InChI is InChI=1S/C14H18N2O/c1-10-6-4-5-9-14(10)15-12-8-3-2-7-11(12)13(17)16-14/h2-3,7-8,10,15H,4-6,9H2,1H3,(H,16,17). The van der Waals surface area contributed by atoms with E-state index in [1.807, 2.05) is 24.3 Å². The van der Waals surface area contributed by atoms with Crippen LogP contribution >= 0.6 is 0 Å². The van der Waals surface area contributed by atoms with E-state index in [4.69, 9.17) is 0 Å². The molecule has 1 aromatic carbocycles. The van der Waals surface area contributed by atoms with Gasteiger partial charge in [0.2, 0.25) is 0 Å². The third kappa shape index (κ3) is 1.61. The molecule has 0 saturated heterocycles. The average Bonchev–Trinajstić information content (AvgIpc) is 2.33. The maximum absolute atomic E-state index is 12.2. The lowest BCUT2D eigenvalue weighted by Gasteiger charge is -2.47. The molecule has 17 heavy (non-hydrogen) atoms. The summed E-state index contributed by atoms with van der Waals surface area (Å²) < 4.78 is 0. The Balaban J connectivity index is 2.00. The Bertz CT molecular complexity index is 457. The van der Waals surface area contributed by atoms with Crippen LogP contribution in [0.2, 0.25) is 0 Å². The Hall–Kier alpha value is -1.51. The van der Waals surface area contributed by atoms with Crippen LogP contribution in [0.5, 0.6) is 0 Å². The van der Waals surface area contributed by atoms with Crippen LogP contribution < -0.4 is 10.6 Å². The molecule has 2 atom stereocenters. The summed E-state index contributed by atoms with van der Waals surface area (Å²) in [5.74, 6) is 0.543. The largest absolute Gasteiger partial charge is 0.362 e. The number of fused-ring (bicyclic) bond motifs is 1. The molecule has 1 aliphatic heterocycles. The first-order chi connectivity index (χ1) is 8.21. The van der Waals surface area contributed by atoms with Crippen molar-refractivity contribution < 1.29 is 4.79 Å². The molecule has 0 aromatic heterocycles. The lowest BCUT2D eigenvalue weighted by Crippen LogP contribution is -2.62. The van der Waals surface area contributed by atoms with Crippen molar-refractivity contribution in [2.45, 2.75) is 38.3 Å². The van der Waals surface area contributed by atoms with Crippen LogP contribution in [0, 0.1) is 5.92 Å². The van der Waals surface area contributed by atoms with Crippen molar-refractivity contribution in [2.75, 3.05) is 5.32 Å². The number of anilines is 1. The minimum absolute atomic E-state index is 0.0631. The summed E-state index contributed by atoms with van der Waals surface area (Å²) in [5.41, 5.74) is 1.52. The summed E-state index contributed by atoms with van der Waals surface area (Å²) in [6.07, 6.45) is 4.64. The molecule has 1 heterocycles. The first-order valence-electron chi connectivity index (χ1n) is 6.41. The second-order valence-corrected chi connectivity index (χ2v) is 5.24. The molecule has 3 heteroatoms. The molecular weight excluding hydrogens is 212 g/mol. The number of amides is 1. The van der Waals surface area contributed by atoms with E-state index in [-0.39, 0.29) is 11.6 Å². The maximum Gasteiger partial charge on any atom is 0.255 e. The van der Waals surface area contributed by atoms with E-state index in [1.54, 1.807) is 0 Å². The zero-order valence-electron chi connectivity index (χ0n) is 10.1. The minimum atomic E-state index is -0.219. The second-order valence-electron chi connectivity index (χ2n) is 5.24. The van der Waals surface area contributed by atoms with Gasteiger partial charge in [-0.15, -0.1) is 0 Å². The van der Waals surface area contributed by atoms with Gasteiger partial charge in [0.25, 0.3) is 5.91 Å². The summed E-state index contributed by atoms with van der Waals surface area (Å²) in [6.45, 7) is 2.22. The third-order valence-corrected chi connectivity index (χ3v) is 4.17. The fraction of sp³-hybridized carbons (Fsp3) is 0.500. The van der Waals surface area contributed by atoms with Crippen LogP contribution in [0.1, 0.15) is 43.0 Å². The van der Waals surface area contributed by atoms with Gasteiger partial charge >= 0.3 is 0 Å². The third-order valence-electron chi connectivity index (χ3n) is 4.17. The fourth-order valence-corrected chi connectivity index (χ4v) is 3.05. The van der Waals surface area contributed by atoms with E-state index in [9.17, 15) is 4.79 Å². The molecule has 2 aliphatic rings. The van der Waals surface area contributed by atoms with Crippen LogP contribution in [0.25, 0.3) is 0 Å². The van der Waals surface area contributed by atoms with Crippen molar-refractivity contribution in [1.82, 2.24) is 5.32 Å². The predicted octanol–water partition coefficient (Wildman–Crippen LogP) is 2.75. The first kappa shape index (κ1) is 10.6.